The number of carbonyl (C=O) groups is 1. The van der Waals surface area contributed by atoms with Crippen LogP contribution in [0.4, 0.5) is 5.69 Å². The Morgan fingerprint density at radius 3 is 2.54 bits per heavy atom. The van der Waals surface area contributed by atoms with Crippen molar-refractivity contribution in [2.24, 2.45) is 0 Å². The number of carbonyl (C=O) groups excluding carboxylic acids is 1. The monoisotopic (exact) mass is 314 g/mol. The largest absolute Gasteiger partial charge is 0.398 e. The Hall–Kier alpha value is -3.25. The molecule has 3 aromatic carbocycles. The first-order valence-corrected chi connectivity index (χ1v) is 7.73. The van der Waals surface area contributed by atoms with Gasteiger partial charge in [-0.05, 0) is 29.0 Å². The molecule has 0 aromatic heterocycles. The number of hydrogen-bond donors (Lipinski definition) is 1. The summed E-state index contributed by atoms with van der Waals surface area (Å²) in [7, 11) is 1.73. The summed E-state index contributed by atoms with van der Waals surface area (Å²) in [4.78, 5) is 14.0. The van der Waals surface area contributed by atoms with Gasteiger partial charge in [-0.15, -0.1) is 0 Å². The van der Waals surface area contributed by atoms with Gasteiger partial charge in [0.25, 0.3) is 5.91 Å². The zero-order valence-corrected chi connectivity index (χ0v) is 13.5. The Labute approximate surface area is 141 Å². The van der Waals surface area contributed by atoms with Gasteiger partial charge in [0, 0.05) is 18.3 Å². The second-order valence-corrected chi connectivity index (χ2v) is 5.58. The van der Waals surface area contributed by atoms with E-state index in [0.29, 0.717) is 17.8 Å². The first-order valence-electron chi connectivity index (χ1n) is 7.73. The average molecular weight is 314 g/mol. The summed E-state index contributed by atoms with van der Waals surface area (Å²) in [5, 5.41) is 2.28. The molecule has 0 bridgehead atoms. The predicted octanol–water partition coefficient (Wildman–Crippen LogP) is 3.55. The summed E-state index contributed by atoms with van der Waals surface area (Å²) in [6, 6.07) is 21.2. The van der Waals surface area contributed by atoms with E-state index in [9.17, 15) is 4.79 Å². The standard InChI is InChI=1S/C21H18N2O/c1-23(21(24)19-13-4-5-14-20(19)22)15-7-11-17-10-6-9-16-8-2-3-12-18(16)17/h2-6,8-10,12-14H,15,22H2,1H3. The van der Waals surface area contributed by atoms with Crippen molar-refractivity contribution in [3.63, 3.8) is 0 Å². The maximum Gasteiger partial charge on any atom is 0.256 e. The molecular formula is C21H18N2O. The van der Waals surface area contributed by atoms with Crippen molar-refractivity contribution in [3.05, 3.63) is 77.9 Å². The summed E-state index contributed by atoms with van der Waals surface area (Å²) in [6.45, 7) is 0.344. The fraction of sp³-hybridized carbons (Fsp3) is 0.0952. The summed E-state index contributed by atoms with van der Waals surface area (Å²) >= 11 is 0. The predicted molar refractivity (Wildman–Crippen MR) is 98.6 cm³/mol. The van der Waals surface area contributed by atoms with E-state index < -0.39 is 0 Å². The lowest BCUT2D eigenvalue weighted by molar-refractivity contribution is 0.0813. The number of fused-ring (bicyclic) bond motifs is 1. The van der Waals surface area contributed by atoms with Gasteiger partial charge in [0.1, 0.15) is 0 Å². The van der Waals surface area contributed by atoms with E-state index in [1.54, 1.807) is 30.1 Å². The third-order valence-electron chi connectivity index (χ3n) is 3.87. The second kappa shape index (κ2) is 6.89. The third kappa shape index (κ3) is 3.23. The molecule has 0 radical (unpaired) electrons. The van der Waals surface area contributed by atoms with Crippen LogP contribution >= 0.6 is 0 Å². The molecule has 0 saturated carbocycles. The highest BCUT2D eigenvalue weighted by molar-refractivity contribution is 5.99. The molecule has 0 heterocycles. The first kappa shape index (κ1) is 15.6. The number of benzene rings is 3. The second-order valence-electron chi connectivity index (χ2n) is 5.58. The molecule has 118 valence electrons. The highest BCUT2D eigenvalue weighted by Crippen LogP contribution is 2.17. The van der Waals surface area contributed by atoms with Gasteiger partial charge in [-0.25, -0.2) is 0 Å². The zero-order valence-electron chi connectivity index (χ0n) is 13.5. The Balaban J connectivity index is 1.77. The molecule has 0 spiro atoms. The zero-order chi connectivity index (χ0) is 16.9. The van der Waals surface area contributed by atoms with Crippen molar-refractivity contribution in [1.82, 2.24) is 4.90 Å². The Bertz CT molecular complexity index is 945. The van der Waals surface area contributed by atoms with E-state index in [-0.39, 0.29) is 5.91 Å². The summed E-state index contributed by atoms with van der Waals surface area (Å²) < 4.78 is 0. The van der Waals surface area contributed by atoms with Gasteiger partial charge < -0.3 is 10.6 Å². The van der Waals surface area contributed by atoms with E-state index in [4.69, 9.17) is 5.73 Å². The molecule has 3 rings (SSSR count). The van der Waals surface area contributed by atoms with E-state index >= 15 is 0 Å². The molecular weight excluding hydrogens is 296 g/mol. The fourth-order valence-electron chi connectivity index (χ4n) is 2.56. The van der Waals surface area contributed by atoms with Crippen LogP contribution in [0.5, 0.6) is 0 Å². The van der Waals surface area contributed by atoms with Crippen LogP contribution in [-0.2, 0) is 0 Å². The van der Waals surface area contributed by atoms with Gasteiger partial charge >= 0.3 is 0 Å². The number of amides is 1. The van der Waals surface area contributed by atoms with Crippen LogP contribution in [0.15, 0.2) is 66.7 Å². The van der Waals surface area contributed by atoms with Crippen LogP contribution in [-0.4, -0.2) is 24.4 Å². The molecule has 0 saturated heterocycles. The van der Waals surface area contributed by atoms with Crippen LogP contribution < -0.4 is 5.73 Å². The van der Waals surface area contributed by atoms with E-state index in [1.165, 1.54) is 0 Å². The number of nitrogens with two attached hydrogens (primary N) is 1. The van der Waals surface area contributed by atoms with Crippen molar-refractivity contribution in [2.45, 2.75) is 0 Å². The summed E-state index contributed by atoms with van der Waals surface area (Å²) in [5.74, 6) is 6.12. The molecule has 3 aromatic rings. The van der Waals surface area contributed by atoms with Crippen molar-refractivity contribution < 1.29 is 4.79 Å². The van der Waals surface area contributed by atoms with Gasteiger partial charge in [-0.3, -0.25) is 4.79 Å². The number of hydrogen-bond acceptors (Lipinski definition) is 2. The maximum absolute atomic E-state index is 12.4. The van der Waals surface area contributed by atoms with E-state index in [2.05, 4.69) is 30.0 Å². The van der Waals surface area contributed by atoms with Crippen molar-refractivity contribution >= 4 is 22.4 Å². The third-order valence-corrected chi connectivity index (χ3v) is 3.87. The van der Waals surface area contributed by atoms with Gasteiger partial charge in [-0.2, -0.15) is 0 Å². The molecule has 0 aliphatic carbocycles. The van der Waals surface area contributed by atoms with Crippen LogP contribution in [0, 0.1) is 11.8 Å². The quantitative estimate of drug-likeness (QED) is 0.581. The highest BCUT2D eigenvalue weighted by atomic mass is 16.2. The summed E-state index contributed by atoms with van der Waals surface area (Å²) in [6.07, 6.45) is 0. The number of para-hydroxylation sites is 1. The van der Waals surface area contributed by atoms with E-state index in [0.717, 1.165) is 16.3 Å². The average Bonchev–Trinajstić information content (AvgIpc) is 2.61. The topological polar surface area (TPSA) is 46.3 Å². The van der Waals surface area contributed by atoms with Gasteiger partial charge in [0.05, 0.1) is 12.1 Å². The molecule has 2 N–H and O–H groups in total. The smallest absolute Gasteiger partial charge is 0.256 e. The van der Waals surface area contributed by atoms with Gasteiger partial charge in [0.15, 0.2) is 0 Å². The number of rotatable bonds is 2. The van der Waals surface area contributed by atoms with Gasteiger partial charge in [0.2, 0.25) is 0 Å². The minimum atomic E-state index is -0.125. The van der Waals surface area contributed by atoms with Crippen molar-refractivity contribution in [3.8, 4) is 11.8 Å². The lowest BCUT2D eigenvalue weighted by Gasteiger charge is -2.15. The lowest BCUT2D eigenvalue weighted by atomic mass is 10.1. The molecule has 0 unspecified atom stereocenters. The number of nitrogen functional groups attached to an aromatic ring is 1. The minimum Gasteiger partial charge on any atom is -0.398 e. The SMILES string of the molecule is CN(CC#Cc1cccc2ccccc12)C(=O)c1ccccc1N. The van der Waals surface area contributed by atoms with Crippen LogP contribution in [0.3, 0.4) is 0 Å². The van der Waals surface area contributed by atoms with Crippen LogP contribution in [0.1, 0.15) is 15.9 Å². The van der Waals surface area contributed by atoms with Crippen LogP contribution in [0.25, 0.3) is 10.8 Å². The number of nitrogens with zero attached hydrogens (tertiary/aromatic N) is 1. The van der Waals surface area contributed by atoms with E-state index in [1.807, 2.05) is 30.3 Å². The minimum absolute atomic E-state index is 0.125. The van der Waals surface area contributed by atoms with Crippen molar-refractivity contribution in [2.75, 3.05) is 19.3 Å². The molecule has 24 heavy (non-hydrogen) atoms. The van der Waals surface area contributed by atoms with Gasteiger partial charge in [-0.1, -0.05) is 60.4 Å². The molecule has 1 amide bonds. The fourth-order valence-corrected chi connectivity index (χ4v) is 2.56. The first-order chi connectivity index (χ1) is 11.7. The van der Waals surface area contributed by atoms with Crippen molar-refractivity contribution in [1.29, 1.82) is 0 Å². The normalized spacial score (nSPS) is 10.0. The molecule has 3 heteroatoms. The molecule has 0 aliphatic heterocycles. The Kier molecular flexibility index (Phi) is 4.49. The highest BCUT2D eigenvalue weighted by Gasteiger charge is 2.12. The Morgan fingerprint density at radius 1 is 1.00 bits per heavy atom. The summed E-state index contributed by atoms with van der Waals surface area (Å²) in [5.41, 5.74) is 7.81. The lowest BCUT2D eigenvalue weighted by Crippen LogP contribution is -2.27. The molecule has 0 atom stereocenters. The Morgan fingerprint density at radius 2 is 1.71 bits per heavy atom. The molecule has 0 aliphatic rings. The maximum atomic E-state index is 12.4. The number of anilines is 1. The van der Waals surface area contributed by atoms with Crippen LogP contribution in [0.2, 0.25) is 0 Å². The molecule has 3 nitrogen and oxygen atoms in total. The molecule has 0 fully saturated rings.